The summed E-state index contributed by atoms with van der Waals surface area (Å²) in [7, 11) is 5.96. The van der Waals surface area contributed by atoms with Crippen molar-refractivity contribution in [2.45, 2.75) is 6.42 Å². The number of benzene rings is 2. The summed E-state index contributed by atoms with van der Waals surface area (Å²) in [5.41, 5.74) is 3.40. The monoisotopic (exact) mass is 347 g/mol. The number of aromatic nitrogens is 1. The molecule has 0 aliphatic rings. The van der Waals surface area contributed by atoms with Crippen LogP contribution in [0.15, 0.2) is 60.7 Å². The minimum absolute atomic E-state index is 0.0412. The summed E-state index contributed by atoms with van der Waals surface area (Å²) in [6.45, 7) is 1.69. The van der Waals surface area contributed by atoms with Gasteiger partial charge in [0.2, 0.25) is 0 Å². The fourth-order valence-electron chi connectivity index (χ4n) is 3.04. The van der Waals surface area contributed by atoms with E-state index in [1.807, 2.05) is 81.8 Å². The molecule has 0 unspecified atom stereocenters. The van der Waals surface area contributed by atoms with Gasteiger partial charge in [-0.15, -0.1) is 0 Å². The molecule has 0 N–H and O–H groups in total. The number of hydrogen-bond donors (Lipinski definition) is 0. The fraction of sp³-hybridized carbons (Fsp3) is 0.273. The second-order valence-electron chi connectivity index (χ2n) is 6.82. The lowest BCUT2D eigenvalue weighted by Gasteiger charge is -2.20. The van der Waals surface area contributed by atoms with E-state index >= 15 is 0 Å². The van der Waals surface area contributed by atoms with Crippen molar-refractivity contribution in [2.75, 3.05) is 34.2 Å². The quantitative estimate of drug-likeness (QED) is 0.678. The summed E-state index contributed by atoms with van der Waals surface area (Å²) in [6.07, 6.45) is 0.948. The van der Waals surface area contributed by atoms with E-state index in [1.165, 1.54) is 0 Å². The number of nitrogens with zero attached hydrogens (tertiary/aromatic N) is 3. The predicted octanol–water partition coefficient (Wildman–Crippen LogP) is 3.93. The first-order valence-electron chi connectivity index (χ1n) is 8.91. The predicted molar refractivity (Wildman–Crippen MR) is 107 cm³/mol. The molecule has 0 spiro atoms. The summed E-state index contributed by atoms with van der Waals surface area (Å²) in [6, 6.07) is 19.8. The standard InChI is InChI=1S/C22H25N3O/c1-24(2)14-9-15-25(3)22(26)19-16-21(17-10-5-4-6-11-17)23-20-13-8-7-12-18(19)20/h4-8,10-13,16H,9,14-15H2,1-3H3. The number of para-hydroxylation sites is 1. The molecule has 0 aliphatic heterocycles. The van der Waals surface area contributed by atoms with E-state index in [2.05, 4.69) is 4.90 Å². The van der Waals surface area contributed by atoms with E-state index < -0.39 is 0 Å². The first kappa shape index (κ1) is 18.1. The Hall–Kier alpha value is -2.72. The van der Waals surface area contributed by atoms with Crippen molar-refractivity contribution in [1.29, 1.82) is 0 Å². The maximum atomic E-state index is 13.1. The minimum Gasteiger partial charge on any atom is -0.342 e. The first-order valence-corrected chi connectivity index (χ1v) is 8.91. The molecule has 3 rings (SSSR count). The van der Waals surface area contributed by atoms with Crippen molar-refractivity contribution < 1.29 is 4.79 Å². The Morgan fingerprint density at radius 2 is 1.62 bits per heavy atom. The maximum absolute atomic E-state index is 13.1. The first-order chi connectivity index (χ1) is 12.6. The minimum atomic E-state index is 0.0412. The van der Waals surface area contributed by atoms with Gasteiger partial charge in [-0.2, -0.15) is 0 Å². The third-order valence-electron chi connectivity index (χ3n) is 4.46. The lowest BCUT2D eigenvalue weighted by Crippen LogP contribution is -2.30. The van der Waals surface area contributed by atoms with Gasteiger partial charge in [0.15, 0.2) is 0 Å². The number of carbonyl (C=O) groups is 1. The lowest BCUT2D eigenvalue weighted by molar-refractivity contribution is 0.0792. The van der Waals surface area contributed by atoms with E-state index in [4.69, 9.17) is 4.98 Å². The highest BCUT2D eigenvalue weighted by atomic mass is 16.2. The van der Waals surface area contributed by atoms with Gasteiger partial charge in [-0.25, -0.2) is 4.98 Å². The number of pyridine rings is 1. The summed E-state index contributed by atoms with van der Waals surface area (Å²) in [5, 5.41) is 0.900. The van der Waals surface area contributed by atoms with Crippen LogP contribution in [0.5, 0.6) is 0 Å². The van der Waals surface area contributed by atoms with Gasteiger partial charge < -0.3 is 9.80 Å². The van der Waals surface area contributed by atoms with Gasteiger partial charge in [-0.1, -0.05) is 48.5 Å². The van der Waals surface area contributed by atoms with Gasteiger partial charge in [-0.3, -0.25) is 4.79 Å². The van der Waals surface area contributed by atoms with Crippen LogP contribution in [0.25, 0.3) is 22.2 Å². The smallest absolute Gasteiger partial charge is 0.254 e. The van der Waals surface area contributed by atoms with Gasteiger partial charge in [0.05, 0.1) is 16.8 Å². The molecule has 0 aliphatic carbocycles. The van der Waals surface area contributed by atoms with Crippen molar-refractivity contribution >= 4 is 16.8 Å². The molecule has 0 atom stereocenters. The highest BCUT2D eigenvalue weighted by molar-refractivity contribution is 6.07. The van der Waals surface area contributed by atoms with Crippen molar-refractivity contribution in [3.8, 4) is 11.3 Å². The van der Waals surface area contributed by atoms with E-state index in [0.29, 0.717) is 5.56 Å². The summed E-state index contributed by atoms with van der Waals surface area (Å²) >= 11 is 0. The maximum Gasteiger partial charge on any atom is 0.254 e. The van der Waals surface area contributed by atoms with E-state index in [0.717, 1.165) is 41.7 Å². The highest BCUT2D eigenvalue weighted by Gasteiger charge is 2.17. The van der Waals surface area contributed by atoms with Crippen LogP contribution in [0.3, 0.4) is 0 Å². The number of hydrogen-bond acceptors (Lipinski definition) is 3. The Morgan fingerprint density at radius 3 is 2.35 bits per heavy atom. The number of fused-ring (bicyclic) bond motifs is 1. The summed E-state index contributed by atoms with van der Waals surface area (Å²) in [4.78, 5) is 21.8. The van der Waals surface area contributed by atoms with Crippen molar-refractivity contribution in [2.24, 2.45) is 0 Å². The number of amides is 1. The Morgan fingerprint density at radius 1 is 0.923 bits per heavy atom. The number of rotatable bonds is 6. The van der Waals surface area contributed by atoms with Crippen molar-refractivity contribution in [1.82, 2.24) is 14.8 Å². The molecule has 3 aromatic rings. The zero-order chi connectivity index (χ0) is 18.5. The molecular weight excluding hydrogens is 322 g/mol. The molecule has 4 nitrogen and oxygen atoms in total. The molecule has 1 amide bonds. The van der Waals surface area contributed by atoms with Crippen LogP contribution in [0, 0.1) is 0 Å². The third-order valence-corrected chi connectivity index (χ3v) is 4.46. The van der Waals surface area contributed by atoms with Crippen LogP contribution >= 0.6 is 0 Å². The largest absolute Gasteiger partial charge is 0.342 e. The molecule has 1 aromatic heterocycles. The average Bonchev–Trinajstić information content (AvgIpc) is 2.67. The second kappa shape index (κ2) is 8.11. The molecule has 0 fully saturated rings. The molecule has 0 bridgehead atoms. The number of carbonyl (C=O) groups excluding carboxylic acids is 1. The molecule has 0 saturated heterocycles. The van der Waals surface area contributed by atoms with E-state index in [9.17, 15) is 4.79 Å². The molecule has 0 radical (unpaired) electrons. The highest BCUT2D eigenvalue weighted by Crippen LogP contribution is 2.25. The molecule has 1 heterocycles. The van der Waals surface area contributed by atoms with Gasteiger partial charge >= 0.3 is 0 Å². The van der Waals surface area contributed by atoms with Crippen LogP contribution in [0.2, 0.25) is 0 Å². The SMILES string of the molecule is CN(C)CCCN(C)C(=O)c1cc(-c2ccccc2)nc2ccccc12. The Kier molecular flexibility index (Phi) is 5.64. The van der Waals surface area contributed by atoms with Crippen LogP contribution in [0.1, 0.15) is 16.8 Å². The lowest BCUT2D eigenvalue weighted by atomic mass is 10.0. The molecule has 4 heteroatoms. The second-order valence-corrected chi connectivity index (χ2v) is 6.82. The van der Waals surface area contributed by atoms with E-state index in [1.54, 1.807) is 4.90 Å². The molecule has 0 saturated carbocycles. The summed E-state index contributed by atoms with van der Waals surface area (Å²) < 4.78 is 0. The topological polar surface area (TPSA) is 36.4 Å². The Balaban J connectivity index is 1.97. The molecular formula is C22H25N3O. The van der Waals surface area contributed by atoms with Crippen LogP contribution < -0.4 is 0 Å². The van der Waals surface area contributed by atoms with E-state index in [-0.39, 0.29) is 5.91 Å². The third kappa shape index (κ3) is 4.09. The fourth-order valence-corrected chi connectivity index (χ4v) is 3.04. The van der Waals surface area contributed by atoms with Gasteiger partial charge in [0, 0.05) is 24.5 Å². The van der Waals surface area contributed by atoms with Gasteiger partial charge in [0.1, 0.15) is 0 Å². The molecule has 134 valence electrons. The summed E-state index contributed by atoms with van der Waals surface area (Å²) in [5.74, 6) is 0.0412. The van der Waals surface area contributed by atoms with Crippen LogP contribution in [-0.4, -0.2) is 54.9 Å². The normalized spacial score (nSPS) is 11.1. The molecule has 2 aromatic carbocycles. The van der Waals surface area contributed by atoms with Crippen molar-refractivity contribution in [3.05, 3.63) is 66.2 Å². The van der Waals surface area contributed by atoms with Crippen molar-refractivity contribution in [3.63, 3.8) is 0 Å². The molecule has 26 heavy (non-hydrogen) atoms. The zero-order valence-corrected chi connectivity index (χ0v) is 15.6. The average molecular weight is 347 g/mol. The zero-order valence-electron chi connectivity index (χ0n) is 15.6. The Bertz CT molecular complexity index is 890. The van der Waals surface area contributed by atoms with Gasteiger partial charge in [0.25, 0.3) is 5.91 Å². The van der Waals surface area contributed by atoms with Crippen LogP contribution in [-0.2, 0) is 0 Å². The van der Waals surface area contributed by atoms with Crippen LogP contribution in [0.4, 0.5) is 0 Å². The Labute approximate surface area is 155 Å². The van der Waals surface area contributed by atoms with Gasteiger partial charge in [-0.05, 0) is 39.2 Å².